The number of carbonyl (C=O) groups excluding carboxylic acids is 3. The van der Waals surface area contributed by atoms with Crippen LogP contribution < -0.4 is 5.32 Å². The smallest absolute Gasteiger partial charge is 0.326 e. The van der Waals surface area contributed by atoms with Crippen LogP contribution in [-0.2, 0) is 23.9 Å². The molecule has 8 nitrogen and oxygen atoms in total. The average molecular weight is 274 g/mol. The Morgan fingerprint density at radius 2 is 1.89 bits per heavy atom. The van der Waals surface area contributed by atoms with Gasteiger partial charge in [0.05, 0.1) is 13.7 Å². The van der Waals surface area contributed by atoms with Crippen molar-refractivity contribution in [2.24, 2.45) is 0 Å². The molecule has 0 aromatic rings. The predicted molar refractivity (Wildman–Crippen MR) is 64.1 cm³/mol. The van der Waals surface area contributed by atoms with Crippen molar-refractivity contribution in [2.45, 2.75) is 25.8 Å². The van der Waals surface area contributed by atoms with E-state index in [-0.39, 0.29) is 25.3 Å². The molecule has 2 amide bonds. The first-order valence-corrected chi connectivity index (χ1v) is 5.58. The van der Waals surface area contributed by atoms with Crippen molar-refractivity contribution in [3.8, 4) is 0 Å². The van der Waals surface area contributed by atoms with Gasteiger partial charge in [0.25, 0.3) is 0 Å². The van der Waals surface area contributed by atoms with E-state index in [1.54, 1.807) is 0 Å². The Morgan fingerprint density at radius 1 is 1.32 bits per heavy atom. The molecule has 0 rings (SSSR count). The molecule has 0 saturated heterocycles. The van der Waals surface area contributed by atoms with Crippen LogP contribution >= 0.6 is 0 Å². The Morgan fingerprint density at radius 3 is 2.32 bits per heavy atom. The molecule has 0 spiro atoms. The number of carboxylic acid groups (broad SMARTS) is 1. The first kappa shape index (κ1) is 16.9. The van der Waals surface area contributed by atoms with Crippen LogP contribution in [-0.4, -0.2) is 60.5 Å². The van der Waals surface area contributed by atoms with E-state index < -0.39 is 23.9 Å². The Labute approximate surface area is 110 Å². The number of nitrogens with zero attached hydrogens (tertiary/aromatic N) is 1. The van der Waals surface area contributed by atoms with Crippen LogP contribution in [0.4, 0.5) is 0 Å². The minimum Gasteiger partial charge on any atom is -0.480 e. The third-order valence-corrected chi connectivity index (χ3v) is 2.42. The summed E-state index contributed by atoms with van der Waals surface area (Å²) in [5.41, 5.74) is 0. The maximum atomic E-state index is 11.5. The number of ether oxygens (including phenoxy) is 1. The van der Waals surface area contributed by atoms with Gasteiger partial charge in [-0.1, -0.05) is 0 Å². The molecule has 1 atom stereocenters. The van der Waals surface area contributed by atoms with Crippen LogP contribution in [0, 0.1) is 0 Å². The zero-order valence-corrected chi connectivity index (χ0v) is 11.1. The molecule has 108 valence electrons. The third-order valence-electron chi connectivity index (χ3n) is 2.42. The van der Waals surface area contributed by atoms with Gasteiger partial charge in [0.15, 0.2) is 0 Å². The molecule has 0 aliphatic rings. The van der Waals surface area contributed by atoms with Gasteiger partial charge in [-0.3, -0.25) is 14.4 Å². The summed E-state index contributed by atoms with van der Waals surface area (Å²) in [5.74, 6) is -2.71. The molecule has 0 fully saturated rings. The summed E-state index contributed by atoms with van der Waals surface area (Å²) in [6, 6.07) is -1.19. The minimum atomic E-state index is -1.25. The van der Waals surface area contributed by atoms with E-state index in [2.05, 4.69) is 10.1 Å². The third kappa shape index (κ3) is 7.02. The quantitative estimate of drug-likeness (QED) is 0.575. The maximum absolute atomic E-state index is 11.5. The molecule has 0 aliphatic heterocycles. The number of esters is 1. The maximum Gasteiger partial charge on any atom is 0.326 e. The number of likely N-dealkylation sites (N-methyl/N-ethyl adjacent to an activating group) is 1. The second-order valence-corrected chi connectivity index (χ2v) is 3.95. The van der Waals surface area contributed by atoms with Crippen molar-refractivity contribution in [3.63, 3.8) is 0 Å². The normalized spacial score (nSPS) is 11.3. The second kappa shape index (κ2) is 8.06. The highest BCUT2D eigenvalue weighted by Gasteiger charge is 2.22. The Bertz CT molecular complexity index is 368. The molecule has 0 aromatic carbocycles. The van der Waals surface area contributed by atoms with Gasteiger partial charge < -0.3 is 20.1 Å². The Hall–Kier alpha value is -2.12. The topological polar surface area (TPSA) is 113 Å². The summed E-state index contributed by atoms with van der Waals surface area (Å²) in [6.07, 6.45) is -0.187. The Balaban J connectivity index is 4.34. The van der Waals surface area contributed by atoms with Gasteiger partial charge in [0.2, 0.25) is 11.8 Å². The van der Waals surface area contributed by atoms with Gasteiger partial charge >= 0.3 is 11.9 Å². The zero-order chi connectivity index (χ0) is 15.0. The molecular weight excluding hydrogens is 256 g/mol. The first-order chi connectivity index (χ1) is 8.77. The van der Waals surface area contributed by atoms with Gasteiger partial charge in [-0.05, 0) is 6.42 Å². The van der Waals surface area contributed by atoms with Crippen LogP contribution in [0.15, 0.2) is 0 Å². The number of hydrogen-bond donors (Lipinski definition) is 2. The number of rotatable bonds is 7. The lowest BCUT2D eigenvalue weighted by atomic mass is 10.1. The summed E-state index contributed by atoms with van der Waals surface area (Å²) in [5, 5.41) is 11.1. The average Bonchev–Trinajstić information content (AvgIpc) is 2.33. The molecule has 0 radical (unpaired) electrons. The lowest BCUT2D eigenvalue weighted by molar-refractivity contribution is -0.144. The standard InChI is InChI=1S/C11H18N2O6/c1-7(14)13(2)6-9(15)12-8(11(17)18)4-5-10(16)19-3/h8H,4-6H2,1-3H3,(H,12,15)(H,17,18)/t8-/m0/s1. The highest BCUT2D eigenvalue weighted by Crippen LogP contribution is 2.00. The molecule has 0 aromatic heterocycles. The van der Waals surface area contributed by atoms with E-state index in [1.165, 1.54) is 21.1 Å². The van der Waals surface area contributed by atoms with Crippen molar-refractivity contribution in [3.05, 3.63) is 0 Å². The molecule has 0 aliphatic carbocycles. The second-order valence-electron chi connectivity index (χ2n) is 3.95. The van der Waals surface area contributed by atoms with E-state index in [1.807, 2.05) is 0 Å². The number of amides is 2. The molecule has 8 heteroatoms. The van der Waals surface area contributed by atoms with Crippen molar-refractivity contribution in [2.75, 3.05) is 20.7 Å². The Kier molecular flexibility index (Phi) is 7.16. The fraction of sp³-hybridized carbons (Fsp3) is 0.636. The highest BCUT2D eigenvalue weighted by atomic mass is 16.5. The lowest BCUT2D eigenvalue weighted by Crippen LogP contribution is -2.45. The van der Waals surface area contributed by atoms with Crippen molar-refractivity contribution in [1.82, 2.24) is 10.2 Å². The highest BCUT2D eigenvalue weighted by molar-refractivity contribution is 5.87. The van der Waals surface area contributed by atoms with E-state index in [4.69, 9.17) is 5.11 Å². The first-order valence-electron chi connectivity index (χ1n) is 5.58. The largest absolute Gasteiger partial charge is 0.480 e. The SMILES string of the molecule is COC(=O)CC[C@H](NC(=O)CN(C)C(C)=O)C(=O)O. The van der Waals surface area contributed by atoms with Crippen molar-refractivity contribution >= 4 is 23.8 Å². The number of aliphatic carboxylic acids is 1. The van der Waals surface area contributed by atoms with Crippen LogP contribution in [0.5, 0.6) is 0 Å². The molecule has 0 unspecified atom stereocenters. The minimum absolute atomic E-state index is 0.0719. The van der Waals surface area contributed by atoms with Gasteiger partial charge in [0, 0.05) is 20.4 Å². The lowest BCUT2D eigenvalue weighted by Gasteiger charge is -2.17. The number of carbonyl (C=O) groups is 4. The summed E-state index contributed by atoms with van der Waals surface area (Å²) in [4.78, 5) is 45.4. The summed E-state index contributed by atoms with van der Waals surface area (Å²) < 4.78 is 4.38. The van der Waals surface area contributed by atoms with Crippen molar-refractivity contribution < 1.29 is 29.0 Å². The summed E-state index contributed by atoms with van der Waals surface area (Å²) in [6.45, 7) is 1.05. The van der Waals surface area contributed by atoms with Crippen LogP contribution in [0.25, 0.3) is 0 Å². The number of carboxylic acids is 1. The van der Waals surface area contributed by atoms with E-state index in [0.717, 1.165) is 4.90 Å². The van der Waals surface area contributed by atoms with Gasteiger partial charge in [0.1, 0.15) is 6.04 Å². The number of methoxy groups -OCH3 is 1. The van der Waals surface area contributed by atoms with Gasteiger partial charge in [-0.2, -0.15) is 0 Å². The van der Waals surface area contributed by atoms with E-state index in [9.17, 15) is 19.2 Å². The van der Waals surface area contributed by atoms with Crippen LogP contribution in [0.3, 0.4) is 0 Å². The fourth-order valence-electron chi connectivity index (χ4n) is 1.19. The van der Waals surface area contributed by atoms with Crippen molar-refractivity contribution in [1.29, 1.82) is 0 Å². The predicted octanol–water partition coefficient (Wildman–Crippen LogP) is -1.01. The molecule has 2 N–H and O–H groups in total. The molecule has 0 saturated carbocycles. The van der Waals surface area contributed by atoms with E-state index >= 15 is 0 Å². The summed E-state index contributed by atoms with van der Waals surface area (Å²) >= 11 is 0. The molecular formula is C11H18N2O6. The van der Waals surface area contributed by atoms with Gasteiger partial charge in [-0.15, -0.1) is 0 Å². The molecule has 0 bridgehead atoms. The monoisotopic (exact) mass is 274 g/mol. The zero-order valence-electron chi connectivity index (χ0n) is 11.1. The van der Waals surface area contributed by atoms with E-state index in [0.29, 0.717) is 0 Å². The molecule has 19 heavy (non-hydrogen) atoms. The fourth-order valence-corrected chi connectivity index (χ4v) is 1.19. The number of hydrogen-bond acceptors (Lipinski definition) is 5. The van der Waals surface area contributed by atoms with Crippen LogP contribution in [0.1, 0.15) is 19.8 Å². The number of nitrogens with one attached hydrogen (secondary N) is 1. The summed E-state index contributed by atoms with van der Waals surface area (Å²) in [7, 11) is 2.62. The van der Waals surface area contributed by atoms with Crippen LogP contribution in [0.2, 0.25) is 0 Å². The molecule has 0 heterocycles. The van der Waals surface area contributed by atoms with Gasteiger partial charge in [-0.25, -0.2) is 4.79 Å².